The molecule has 1 rings (SSSR count). The van der Waals surface area contributed by atoms with Crippen molar-refractivity contribution in [1.29, 1.82) is 0 Å². The minimum atomic E-state index is 0.835. The molecule has 1 aromatic rings. The van der Waals surface area contributed by atoms with Crippen molar-refractivity contribution in [3.8, 4) is 5.75 Å². The van der Waals surface area contributed by atoms with Gasteiger partial charge in [-0.05, 0) is 24.1 Å². The number of methoxy groups -OCH3 is 1. The van der Waals surface area contributed by atoms with E-state index < -0.39 is 0 Å². The molecule has 0 amide bonds. The van der Waals surface area contributed by atoms with Gasteiger partial charge in [-0.15, -0.1) is 0 Å². The third-order valence-electron chi connectivity index (χ3n) is 1.78. The van der Waals surface area contributed by atoms with Crippen LogP contribution in [-0.4, -0.2) is 7.11 Å². The quantitative estimate of drug-likeness (QED) is 0.529. The van der Waals surface area contributed by atoms with E-state index in [1.165, 1.54) is 5.56 Å². The molecule has 0 saturated heterocycles. The van der Waals surface area contributed by atoms with Gasteiger partial charge >= 0.3 is 0 Å². The smallest absolute Gasteiger partial charge is 0.121 e. The average molecular weight is 166 g/mol. The van der Waals surface area contributed by atoms with Gasteiger partial charge in [-0.2, -0.15) is 0 Å². The summed E-state index contributed by atoms with van der Waals surface area (Å²) in [5, 5.41) is 0. The minimum absolute atomic E-state index is 0.835. The molecule has 0 fully saturated rings. The highest BCUT2D eigenvalue weighted by Crippen LogP contribution is 2.20. The maximum atomic E-state index is 5.29. The molecule has 0 heterocycles. The molecule has 1 aromatic carbocycles. The Morgan fingerprint density at radius 2 is 2.17 bits per heavy atom. The van der Waals surface area contributed by atoms with Crippen molar-refractivity contribution in [1.82, 2.24) is 0 Å². The number of nitrogens with two attached hydrogens (primary N) is 1. The second-order valence-electron chi connectivity index (χ2n) is 2.57. The third-order valence-corrected chi connectivity index (χ3v) is 1.78. The lowest BCUT2D eigenvalue weighted by atomic mass is 10.1. The molecular formula is C9H14N2O. The number of hydrogen-bond donors (Lipinski definition) is 2. The highest BCUT2D eigenvalue weighted by atomic mass is 16.5. The Bertz CT molecular complexity index is 205. The van der Waals surface area contributed by atoms with Crippen LogP contribution in [0.5, 0.6) is 5.75 Å². The molecule has 0 atom stereocenters. The molecule has 3 heteroatoms. The first-order chi connectivity index (χ1) is 5.80. The molecule has 12 heavy (non-hydrogen) atoms. The number of hydrogen-bond acceptors (Lipinski definition) is 3. The summed E-state index contributed by atoms with van der Waals surface area (Å²) in [5.41, 5.74) is 4.69. The number of anilines is 1. The van der Waals surface area contributed by atoms with Gasteiger partial charge in [0.05, 0.1) is 12.8 Å². The van der Waals surface area contributed by atoms with E-state index in [2.05, 4.69) is 12.3 Å². The summed E-state index contributed by atoms with van der Waals surface area (Å²) in [5.74, 6) is 6.13. The van der Waals surface area contributed by atoms with Crippen molar-refractivity contribution < 1.29 is 4.74 Å². The lowest BCUT2D eigenvalue weighted by Crippen LogP contribution is -2.07. The monoisotopic (exact) mass is 166 g/mol. The molecule has 66 valence electrons. The summed E-state index contributed by atoms with van der Waals surface area (Å²) in [6.07, 6.45) is 0.978. The minimum Gasteiger partial charge on any atom is -0.497 e. The van der Waals surface area contributed by atoms with Crippen LogP contribution in [0, 0.1) is 0 Å². The maximum Gasteiger partial charge on any atom is 0.121 e. The standard InChI is InChI=1S/C9H14N2O/c1-3-7-4-8(11-10)6-9(5-7)12-2/h4-6,11H,3,10H2,1-2H3. The van der Waals surface area contributed by atoms with Crippen molar-refractivity contribution >= 4 is 5.69 Å². The first-order valence-corrected chi connectivity index (χ1v) is 3.94. The molecule has 0 aliphatic carbocycles. The molecule has 0 unspecified atom stereocenters. The van der Waals surface area contributed by atoms with Crippen molar-refractivity contribution in [3.05, 3.63) is 23.8 Å². The number of aryl methyl sites for hydroxylation is 1. The Hall–Kier alpha value is -1.22. The lowest BCUT2D eigenvalue weighted by molar-refractivity contribution is 0.414. The Kier molecular flexibility index (Phi) is 2.94. The molecule has 0 aromatic heterocycles. The van der Waals surface area contributed by atoms with Crippen LogP contribution in [0.4, 0.5) is 5.69 Å². The molecule has 0 aliphatic heterocycles. The molecular weight excluding hydrogens is 152 g/mol. The Morgan fingerprint density at radius 1 is 1.42 bits per heavy atom. The Labute approximate surface area is 72.5 Å². The number of hydrazine groups is 1. The van der Waals surface area contributed by atoms with Gasteiger partial charge in [-0.25, -0.2) is 0 Å². The SMILES string of the molecule is CCc1cc(NN)cc(OC)c1. The summed E-state index contributed by atoms with van der Waals surface area (Å²) < 4.78 is 5.10. The van der Waals surface area contributed by atoms with Gasteiger partial charge in [0.15, 0.2) is 0 Å². The summed E-state index contributed by atoms with van der Waals surface area (Å²) in [6, 6.07) is 5.86. The molecule has 0 bridgehead atoms. The molecule has 3 N–H and O–H groups in total. The zero-order valence-electron chi connectivity index (χ0n) is 7.42. The van der Waals surface area contributed by atoms with Gasteiger partial charge in [0.25, 0.3) is 0 Å². The summed E-state index contributed by atoms with van der Waals surface area (Å²) in [4.78, 5) is 0. The van der Waals surface area contributed by atoms with Gasteiger partial charge < -0.3 is 10.2 Å². The van der Waals surface area contributed by atoms with Crippen LogP contribution >= 0.6 is 0 Å². The van der Waals surface area contributed by atoms with E-state index in [1.54, 1.807) is 7.11 Å². The third kappa shape index (κ3) is 1.89. The highest BCUT2D eigenvalue weighted by Gasteiger charge is 1.97. The number of nitrogens with one attached hydrogen (secondary N) is 1. The van der Waals surface area contributed by atoms with Crippen molar-refractivity contribution in [3.63, 3.8) is 0 Å². The van der Waals surface area contributed by atoms with E-state index in [4.69, 9.17) is 10.6 Å². The van der Waals surface area contributed by atoms with Crippen LogP contribution in [0.1, 0.15) is 12.5 Å². The fourth-order valence-electron chi connectivity index (χ4n) is 1.07. The average Bonchev–Trinajstić information content (AvgIpc) is 2.16. The van der Waals surface area contributed by atoms with Gasteiger partial charge in [-0.1, -0.05) is 6.92 Å². The van der Waals surface area contributed by atoms with Crippen LogP contribution < -0.4 is 16.0 Å². The van der Waals surface area contributed by atoms with Crippen LogP contribution in [0.15, 0.2) is 18.2 Å². The molecule has 0 aliphatic rings. The van der Waals surface area contributed by atoms with Gasteiger partial charge in [0, 0.05) is 6.07 Å². The first kappa shape index (κ1) is 8.87. The highest BCUT2D eigenvalue weighted by molar-refractivity contribution is 5.50. The van der Waals surface area contributed by atoms with E-state index >= 15 is 0 Å². The molecule has 0 saturated carbocycles. The van der Waals surface area contributed by atoms with Crippen LogP contribution in [-0.2, 0) is 6.42 Å². The zero-order chi connectivity index (χ0) is 8.97. The summed E-state index contributed by atoms with van der Waals surface area (Å²) in [7, 11) is 1.65. The zero-order valence-corrected chi connectivity index (χ0v) is 7.42. The van der Waals surface area contributed by atoms with Crippen molar-refractivity contribution in [2.75, 3.05) is 12.5 Å². The largest absolute Gasteiger partial charge is 0.497 e. The van der Waals surface area contributed by atoms with Gasteiger partial charge in [0.2, 0.25) is 0 Å². The number of nitrogen functional groups attached to an aromatic ring is 1. The lowest BCUT2D eigenvalue weighted by Gasteiger charge is -2.06. The van der Waals surface area contributed by atoms with Crippen LogP contribution in [0.25, 0.3) is 0 Å². The Morgan fingerprint density at radius 3 is 2.67 bits per heavy atom. The van der Waals surface area contributed by atoms with E-state index in [1.807, 2.05) is 18.2 Å². The fourth-order valence-corrected chi connectivity index (χ4v) is 1.07. The first-order valence-electron chi connectivity index (χ1n) is 3.94. The second kappa shape index (κ2) is 3.97. The van der Waals surface area contributed by atoms with Crippen molar-refractivity contribution in [2.45, 2.75) is 13.3 Å². The molecule has 0 radical (unpaired) electrons. The fraction of sp³-hybridized carbons (Fsp3) is 0.333. The maximum absolute atomic E-state index is 5.29. The number of rotatable bonds is 3. The molecule has 3 nitrogen and oxygen atoms in total. The topological polar surface area (TPSA) is 47.3 Å². The van der Waals surface area contributed by atoms with E-state index in [9.17, 15) is 0 Å². The summed E-state index contributed by atoms with van der Waals surface area (Å²) in [6.45, 7) is 2.09. The van der Waals surface area contributed by atoms with Gasteiger partial charge in [-0.3, -0.25) is 5.84 Å². The van der Waals surface area contributed by atoms with Crippen molar-refractivity contribution in [2.24, 2.45) is 5.84 Å². The molecule has 0 spiro atoms. The Balaban J connectivity index is 3.01. The normalized spacial score (nSPS) is 9.58. The van der Waals surface area contributed by atoms with E-state index in [0.29, 0.717) is 0 Å². The number of benzene rings is 1. The second-order valence-corrected chi connectivity index (χ2v) is 2.57. The van der Waals surface area contributed by atoms with E-state index in [-0.39, 0.29) is 0 Å². The van der Waals surface area contributed by atoms with Crippen LogP contribution in [0.3, 0.4) is 0 Å². The van der Waals surface area contributed by atoms with Crippen LogP contribution in [0.2, 0.25) is 0 Å². The predicted molar refractivity (Wildman–Crippen MR) is 50.2 cm³/mol. The number of ether oxygens (including phenoxy) is 1. The van der Waals surface area contributed by atoms with Gasteiger partial charge in [0.1, 0.15) is 5.75 Å². The van der Waals surface area contributed by atoms with E-state index in [0.717, 1.165) is 17.9 Å². The summed E-state index contributed by atoms with van der Waals surface area (Å²) >= 11 is 0. The predicted octanol–water partition coefficient (Wildman–Crippen LogP) is 1.54.